The third-order valence-electron chi connectivity index (χ3n) is 4.71. The van der Waals surface area contributed by atoms with Crippen molar-refractivity contribution in [3.8, 4) is 11.5 Å². The summed E-state index contributed by atoms with van der Waals surface area (Å²) in [6.07, 6.45) is 5.05. The van der Waals surface area contributed by atoms with Crippen molar-refractivity contribution < 1.29 is 18.7 Å². The Morgan fingerprint density at radius 3 is 2.70 bits per heavy atom. The molecule has 2 aromatic carbocycles. The average Bonchev–Trinajstić information content (AvgIpc) is 3.17. The van der Waals surface area contributed by atoms with E-state index in [1.165, 1.54) is 19.3 Å². The molecule has 1 fully saturated rings. The van der Waals surface area contributed by atoms with E-state index in [0.717, 1.165) is 30.7 Å². The molecule has 0 saturated carbocycles. The van der Waals surface area contributed by atoms with E-state index in [1.54, 1.807) is 18.2 Å². The molecule has 1 saturated heterocycles. The van der Waals surface area contributed by atoms with E-state index in [9.17, 15) is 9.18 Å². The van der Waals surface area contributed by atoms with Crippen molar-refractivity contribution in [1.82, 2.24) is 4.90 Å². The number of carbonyl (C=O) groups is 1. The number of halogens is 1. The molecular formula is C22H24FNO3. The lowest BCUT2D eigenvalue weighted by atomic mass is 10.0. The number of amides is 1. The molecule has 1 amide bonds. The molecule has 5 heteroatoms. The fourth-order valence-corrected chi connectivity index (χ4v) is 3.38. The van der Waals surface area contributed by atoms with E-state index in [-0.39, 0.29) is 17.7 Å². The topological polar surface area (TPSA) is 38.8 Å². The predicted octanol–water partition coefficient (Wildman–Crippen LogP) is 4.61. The molecule has 0 N–H and O–H groups in total. The second kappa shape index (κ2) is 8.71. The molecule has 27 heavy (non-hydrogen) atoms. The summed E-state index contributed by atoms with van der Waals surface area (Å²) in [6, 6.07) is 12.6. The summed E-state index contributed by atoms with van der Waals surface area (Å²) in [5.74, 6) is 0.510. The molecule has 0 aliphatic carbocycles. The second-order valence-electron chi connectivity index (χ2n) is 6.42. The van der Waals surface area contributed by atoms with E-state index in [2.05, 4.69) is 0 Å². The normalized spacial score (nSPS) is 16.7. The standard InChI is InChI=1S/C22H24FNO3/c1-3-27-18-10-8-17(9-11-18)20-5-4-14-24(20)22(25)13-7-16-6-12-21(26-2)19(23)15-16/h6-13,15,20H,3-5,14H2,1-2H3/b13-7+. The third-order valence-corrected chi connectivity index (χ3v) is 4.71. The zero-order valence-electron chi connectivity index (χ0n) is 15.7. The number of hydrogen-bond donors (Lipinski definition) is 0. The smallest absolute Gasteiger partial charge is 0.247 e. The van der Waals surface area contributed by atoms with Gasteiger partial charge in [-0.2, -0.15) is 0 Å². The number of nitrogens with zero attached hydrogens (tertiary/aromatic N) is 1. The fraction of sp³-hybridized carbons (Fsp3) is 0.318. The van der Waals surface area contributed by atoms with Crippen LogP contribution >= 0.6 is 0 Å². The van der Waals surface area contributed by atoms with Gasteiger partial charge in [0.15, 0.2) is 11.6 Å². The second-order valence-corrected chi connectivity index (χ2v) is 6.42. The lowest BCUT2D eigenvalue weighted by Gasteiger charge is -2.24. The molecule has 1 unspecified atom stereocenters. The molecule has 0 spiro atoms. The Bertz CT molecular complexity index is 817. The zero-order chi connectivity index (χ0) is 19.2. The van der Waals surface area contributed by atoms with Crippen molar-refractivity contribution in [2.24, 2.45) is 0 Å². The van der Waals surface area contributed by atoms with Crippen LogP contribution in [0.4, 0.5) is 4.39 Å². The van der Waals surface area contributed by atoms with Gasteiger partial charge in [-0.15, -0.1) is 0 Å². The van der Waals surface area contributed by atoms with Crippen molar-refractivity contribution in [2.45, 2.75) is 25.8 Å². The van der Waals surface area contributed by atoms with E-state index in [0.29, 0.717) is 12.2 Å². The van der Waals surface area contributed by atoms with E-state index in [1.807, 2.05) is 36.1 Å². The fourth-order valence-electron chi connectivity index (χ4n) is 3.38. The van der Waals surface area contributed by atoms with Crippen LogP contribution in [-0.2, 0) is 4.79 Å². The number of methoxy groups -OCH3 is 1. The summed E-state index contributed by atoms with van der Waals surface area (Å²) in [6.45, 7) is 3.30. The van der Waals surface area contributed by atoms with E-state index < -0.39 is 5.82 Å². The Labute approximate surface area is 159 Å². The molecule has 0 bridgehead atoms. The van der Waals surface area contributed by atoms with Gasteiger partial charge in [0.05, 0.1) is 19.8 Å². The summed E-state index contributed by atoms with van der Waals surface area (Å²) in [5.41, 5.74) is 1.73. The largest absolute Gasteiger partial charge is 0.494 e. The minimum absolute atomic E-state index is 0.0606. The number of hydrogen-bond acceptors (Lipinski definition) is 3. The third kappa shape index (κ3) is 4.48. The first-order chi connectivity index (χ1) is 13.1. The van der Waals surface area contributed by atoms with Crippen molar-refractivity contribution in [3.05, 3.63) is 65.5 Å². The van der Waals surface area contributed by atoms with Crippen molar-refractivity contribution in [1.29, 1.82) is 0 Å². The van der Waals surface area contributed by atoms with Crippen LogP contribution in [0.2, 0.25) is 0 Å². The minimum atomic E-state index is -0.444. The van der Waals surface area contributed by atoms with Gasteiger partial charge in [-0.1, -0.05) is 18.2 Å². The van der Waals surface area contributed by atoms with Gasteiger partial charge in [0, 0.05) is 12.6 Å². The van der Waals surface area contributed by atoms with E-state index >= 15 is 0 Å². The van der Waals surface area contributed by atoms with Crippen LogP contribution in [-0.4, -0.2) is 31.1 Å². The summed E-state index contributed by atoms with van der Waals surface area (Å²) in [5, 5.41) is 0. The van der Waals surface area contributed by atoms with Crippen LogP contribution < -0.4 is 9.47 Å². The summed E-state index contributed by atoms with van der Waals surface area (Å²) in [4.78, 5) is 14.5. The van der Waals surface area contributed by atoms with Gasteiger partial charge in [-0.05, 0) is 61.2 Å². The average molecular weight is 369 g/mol. The molecule has 0 aromatic heterocycles. The van der Waals surface area contributed by atoms with Crippen LogP contribution in [0.5, 0.6) is 11.5 Å². The zero-order valence-corrected chi connectivity index (χ0v) is 15.7. The molecule has 1 heterocycles. The van der Waals surface area contributed by atoms with Gasteiger partial charge in [0.2, 0.25) is 5.91 Å². The summed E-state index contributed by atoms with van der Waals surface area (Å²) < 4.78 is 24.2. The van der Waals surface area contributed by atoms with Crippen molar-refractivity contribution >= 4 is 12.0 Å². The lowest BCUT2D eigenvalue weighted by molar-refractivity contribution is -0.126. The van der Waals surface area contributed by atoms with Crippen LogP contribution in [0.25, 0.3) is 6.08 Å². The molecular weight excluding hydrogens is 345 g/mol. The van der Waals surface area contributed by atoms with E-state index in [4.69, 9.17) is 9.47 Å². The van der Waals surface area contributed by atoms with Crippen LogP contribution in [0, 0.1) is 5.82 Å². The van der Waals surface area contributed by atoms with Crippen LogP contribution in [0.1, 0.15) is 36.9 Å². The highest BCUT2D eigenvalue weighted by Crippen LogP contribution is 2.33. The molecule has 1 aliphatic rings. The Balaban J connectivity index is 1.70. The number of benzene rings is 2. The van der Waals surface area contributed by atoms with Gasteiger partial charge >= 0.3 is 0 Å². The SMILES string of the molecule is CCOc1ccc(C2CCCN2C(=O)/C=C/c2ccc(OC)c(F)c2)cc1. The number of ether oxygens (including phenoxy) is 2. The lowest BCUT2D eigenvalue weighted by Crippen LogP contribution is -2.28. The van der Waals surface area contributed by atoms with Gasteiger partial charge < -0.3 is 14.4 Å². The highest BCUT2D eigenvalue weighted by molar-refractivity contribution is 5.92. The van der Waals surface area contributed by atoms with Gasteiger partial charge in [0.25, 0.3) is 0 Å². The summed E-state index contributed by atoms with van der Waals surface area (Å²) >= 11 is 0. The van der Waals surface area contributed by atoms with Gasteiger partial charge in [-0.25, -0.2) is 4.39 Å². The highest BCUT2D eigenvalue weighted by atomic mass is 19.1. The Hall–Kier alpha value is -2.82. The quantitative estimate of drug-likeness (QED) is 0.698. The first-order valence-corrected chi connectivity index (χ1v) is 9.17. The van der Waals surface area contributed by atoms with Gasteiger partial charge in [-0.3, -0.25) is 4.79 Å². The molecule has 2 aromatic rings. The van der Waals surface area contributed by atoms with Crippen LogP contribution in [0.15, 0.2) is 48.5 Å². The monoisotopic (exact) mass is 369 g/mol. The maximum Gasteiger partial charge on any atom is 0.247 e. The number of likely N-dealkylation sites (tertiary alicyclic amines) is 1. The first kappa shape index (κ1) is 19.0. The first-order valence-electron chi connectivity index (χ1n) is 9.17. The summed E-state index contributed by atoms with van der Waals surface area (Å²) in [7, 11) is 1.42. The van der Waals surface area contributed by atoms with Crippen molar-refractivity contribution in [2.75, 3.05) is 20.3 Å². The van der Waals surface area contributed by atoms with Crippen LogP contribution in [0.3, 0.4) is 0 Å². The minimum Gasteiger partial charge on any atom is -0.494 e. The maximum atomic E-state index is 13.8. The molecule has 3 rings (SSSR count). The molecule has 0 radical (unpaired) electrons. The van der Waals surface area contributed by atoms with Crippen molar-refractivity contribution in [3.63, 3.8) is 0 Å². The molecule has 1 aliphatic heterocycles. The maximum absolute atomic E-state index is 13.8. The highest BCUT2D eigenvalue weighted by Gasteiger charge is 2.28. The molecule has 142 valence electrons. The van der Waals surface area contributed by atoms with Gasteiger partial charge in [0.1, 0.15) is 5.75 Å². The predicted molar refractivity (Wildman–Crippen MR) is 103 cm³/mol. The number of carbonyl (C=O) groups excluding carboxylic acids is 1. The Kier molecular flexibility index (Phi) is 6.12. The Morgan fingerprint density at radius 1 is 1.26 bits per heavy atom. The number of rotatable bonds is 6. The molecule has 4 nitrogen and oxygen atoms in total. The molecule has 1 atom stereocenters. The Morgan fingerprint density at radius 2 is 2.04 bits per heavy atom.